The molecule has 1 unspecified atom stereocenters. The third kappa shape index (κ3) is 8.59. The summed E-state index contributed by atoms with van der Waals surface area (Å²) in [6, 6.07) is 30.2. The molecule has 3 rings (SSSR count). The van der Waals surface area contributed by atoms with Gasteiger partial charge in [-0.2, -0.15) is 0 Å². The fraction of sp³-hybridized carbons (Fsp3) is 0.379. The van der Waals surface area contributed by atoms with Gasteiger partial charge in [-0.15, -0.1) is 0 Å². The number of benzene rings is 3. The second-order valence-electron chi connectivity index (χ2n) is 8.75. The molecule has 3 aromatic carbocycles. The van der Waals surface area contributed by atoms with Crippen LogP contribution in [0.5, 0.6) is 0 Å². The van der Waals surface area contributed by atoms with Crippen molar-refractivity contribution in [2.75, 3.05) is 33.0 Å². The Bertz CT molecular complexity index is 971. The zero-order valence-electron chi connectivity index (χ0n) is 21.4. The maximum absolute atomic E-state index is 12.5. The lowest BCUT2D eigenvalue weighted by Gasteiger charge is -2.37. The number of phosphoric ester groups is 1. The number of hydrogen-bond donors (Lipinski definition) is 3. The van der Waals surface area contributed by atoms with Crippen LogP contribution in [0.25, 0.3) is 0 Å². The van der Waals surface area contributed by atoms with Crippen LogP contribution in [0.4, 0.5) is 0 Å². The maximum atomic E-state index is 12.5. The van der Waals surface area contributed by atoms with E-state index in [1.54, 1.807) is 0 Å². The smallest absolute Gasteiger partial charge is 0.394 e. The summed E-state index contributed by atoms with van der Waals surface area (Å²) in [4.78, 5) is 10.2. The Morgan fingerprint density at radius 1 is 0.811 bits per heavy atom. The van der Waals surface area contributed by atoms with Gasteiger partial charge < -0.3 is 14.7 Å². The van der Waals surface area contributed by atoms with Gasteiger partial charge >= 0.3 is 7.82 Å². The molecule has 37 heavy (non-hydrogen) atoms. The van der Waals surface area contributed by atoms with Crippen molar-refractivity contribution >= 4 is 7.82 Å². The van der Waals surface area contributed by atoms with Gasteiger partial charge in [-0.3, -0.25) is 14.4 Å². The number of aliphatic hydroxyl groups excluding tert-OH is 1. The van der Waals surface area contributed by atoms with Crippen LogP contribution in [0.2, 0.25) is 0 Å². The van der Waals surface area contributed by atoms with Crippen molar-refractivity contribution in [2.45, 2.75) is 37.8 Å². The molecule has 0 fully saturated rings. The normalized spacial score (nSPS) is 14.2. The Morgan fingerprint density at radius 2 is 1.32 bits per heavy atom. The molecule has 0 radical (unpaired) electrons. The average Bonchev–Trinajstić information content (AvgIpc) is 2.94. The minimum absolute atomic E-state index is 0.0663. The van der Waals surface area contributed by atoms with Gasteiger partial charge in [0, 0.05) is 13.2 Å². The summed E-state index contributed by atoms with van der Waals surface area (Å²) in [7, 11) is -4.33. The molecule has 0 spiro atoms. The van der Waals surface area contributed by atoms with Crippen LogP contribution in [0.3, 0.4) is 0 Å². The molecule has 0 aromatic heterocycles. The molecule has 0 amide bonds. The van der Waals surface area contributed by atoms with Gasteiger partial charge in [0.05, 0.1) is 25.4 Å². The van der Waals surface area contributed by atoms with E-state index in [1.807, 2.05) is 54.6 Å². The predicted molar refractivity (Wildman–Crippen MR) is 145 cm³/mol. The molecule has 0 aliphatic rings. The summed E-state index contributed by atoms with van der Waals surface area (Å²) in [5.41, 5.74) is 2.38. The van der Waals surface area contributed by atoms with Crippen LogP contribution in [-0.4, -0.2) is 49.1 Å². The van der Waals surface area contributed by atoms with E-state index < -0.39 is 19.5 Å². The lowest BCUT2D eigenvalue weighted by atomic mass is 9.77. The number of phosphoric acid groups is 1. The molecular formula is C29H38NO6P. The van der Waals surface area contributed by atoms with E-state index in [-0.39, 0.29) is 26.4 Å². The van der Waals surface area contributed by atoms with E-state index in [2.05, 4.69) is 48.6 Å². The van der Waals surface area contributed by atoms with Crippen LogP contribution < -0.4 is 5.32 Å². The van der Waals surface area contributed by atoms with E-state index in [9.17, 15) is 14.6 Å². The zero-order chi connectivity index (χ0) is 26.4. The first-order chi connectivity index (χ1) is 18.0. The van der Waals surface area contributed by atoms with Crippen molar-refractivity contribution in [2.24, 2.45) is 0 Å². The quantitative estimate of drug-likeness (QED) is 0.125. The third-order valence-electron chi connectivity index (χ3n) is 6.10. The average molecular weight is 528 g/mol. The van der Waals surface area contributed by atoms with Gasteiger partial charge in [-0.25, -0.2) is 4.57 Å². The lowest BCUT2D eigenvalue weighted by molar-refractivity contribution is -0.0224. The summed E-state index contributed by atoms with van der Waals surface area (Å²) in [6.45, 7) is 2.22. The first-order valence-electron chi connectivity index (χ1n) is 12.8. The molecule has 0 saturated heterocycles. The Labute approximate surface area is 220 Å². The van der Waals surface area contributed by atoms with Gasteiger partial charge in [0.15, 0.2) is 0 Å². The van der Waals surface area contributed by atoms with E-state index >= 15 is 0 Å². The highest BCUT2D eigenvalue weighted by atomic mass is 31.2. The monoisotopic (exact) mass is 527 g/mol. The number of hydrogen-bond acceptors (Lipinski definition) is 6. The predicted octanol–water partition coefficient (Wildman–Crippen LogP) is 5.27. The summed E-state index contributed by atoms with van der Waals surface area (Å²) in [5.74, 6) is 0. The molecule has 0 aliphatic carbocycles. The summed E-state index contributed by atoms with van der Waals surface area (Å²) in [5, 5.41) is 13.1. The fourth-order valence-corrected chi connectivity index (χ4v) is 4.99. The SMILES string of the molecule is CCCCCO[C@@H](CO)COP(=O)(O)OCCNC(c1ccccc1)(c1ccccc1)c1ccccc1. The Kier molecular flexibility index (Phi) is 12.0. The molecule has 200 valence electrons. The largest absolute Gasteiger partial charge is 0.472 e. The molecule has 7 nitrogen and oxygen atoms in total. The highest BCUT2D eigenvalue weighted by Gasteiger charge is 2.36. The highest BCUT2D eigenvalue weighted by Crippen LogP contribution is 2.43. The van der Waals surface area contributed by atoms with Crippen LogP contribution in [-0.2, 0) is 23.9 Å². The van der Waals surface area contributed by atoms with Gasteiger partial charge in [0.1, 0.15) is 6.10 Å². The number of unbranched alkanes of at least 4 members (excludes halogenated alkanes) is 2. The number of aliphatic hydroxyl groups is 1. The van der Waals surface area contributed by atoms with Gasteiger partial charge in [-0.1, -0.05) is 111 Å². The van der Waals surface area contributed by atoms with Crippen LogP contribution in [0.15, 0.2) is 91.0 Å². The molecule has 2 atom stereocenters. The van der Waals surface area contributed by atoms with E-state index in [0.29, 0.717) is 6.61 Å². The number of ether oxygens (including phenoxy) is 1. The summed E-state index contributed by atoms with van der Waals surface area (Å²) >= 11 is 0. The number of rotatable bonds is 17. The van der Waals surface area contributed by atoms with Crippen molar-refractivity contribution < 1.29 is 28.3 Å². The summed E-state index contributed by atoms with van der Waals surface area (Å²) in [6.07, 6.45) is 2.25. The van der Waals surface area contributed by atoms with E-state index in [1.165, 1.54) is 0 Å². The minimum Gasteiger partial charge on any atom is -0.394 e. The molecular weight excluding hydrogens is 489 g/mol. The van der Waals surface area contributed by atoms with Crippen LogP contribution in [0.1, 0.15) is 42.9 Å². The maximum Gasteiger partial charge on any atom is 0.472 e. The highest BCUT2D eigenvalue weighted by molar-refractivity contribution is 7.47. The van der Waals surface area contributed by atoms with E-state index in [0.717, 1.165) is 36.0 Å². The van der Waals surface area contributed by atoms with Crippen LogP contribution in [0, 0.1) is 0 Å². The number of nitrogens with one attached hydrogen (secondary N) is 1. The molecule has 0 bridgehead atoms. The third-order valence-corrected chi connectivity index (χ3v) is 7.08. The second kappa shape index (κ2) is 15.2. The molecule has 3 aromatic rings. The van der Waals surface area contributed by atoms with Crippen molar-refractivity contribution in [3.63, 3.8) is 0 Å². The van der Waals surface area contributed by atoms with Gasteiger partial charge in [0.2, 0.25) is 0 Å². The van der Waals surface area contributed by atoms with Gasteiger partial charge in [-0.05, 0) is 23.1 Å². The van der Waals surface area contributed by atoms with E-state index in [4.69, 9.17) is 13.8 Å². The topological polar surface area (TPSA) is 97.2 Å². The van der Waals surface area contributed by atoms with Crippen molar-refractivity contribution in [3.8, 4) is 0 Å². The molecule has 0 saturated carbocycles. The van der Waals surface area contributed by atoms with Crippen molar-refractivity contribution in [3.05, 3.63) is 108 Å². The fourth-order valence-electron chi connectivity index (χ4n) is 4.24. The first-order valence-corrected chi connectivity index (χ1v) is 14.3. The zero-order valence-corrected chi connectivity index (χ0v) is 22.3. The first kappa shape index (κ1) is 29.2. The second-order valence-corrected chi connectivity index (χ2v) is 10.2. The Balaban J connectivity index is 1.68. The van der Waals surface area contributed by atoms with Gasteiger partial charge in [0.25, 0.3) is 0 Å². The molecule has 0 heterocycles. The van der Waals surface area contributed by atoms with Crippen molar-refractivity contribution in [1.82, 2.24) is 5.32 Å². The molecule has 8 heteroatoms. The summed E-state index contributed by atoms with van der Waals surface area (Å²) < 4.78 is 28.4. The van der Waals surface area contributed by atoms with Crippen LogP contribution >= 0.6 is 7.82 Å². The lowest BCUT2D eigenvalue weighted by Crippen LogP contribution is -2.46. The minimum atomic E-state index is -4.33. The molecule has 0 aliphatic heterocycles. The molecule has 3 N–H and O–H groups in total. The standard InChI is InChI=1S/C29H38NO6P/c1-2-3-13-21-34-28(23-31)24-36-37(32,33)35-22-20-30-29(25-14-7-4-8-15-25,26-16-9-5-10-17-26)27-18-11-6-12-19-27/h4-12,14-19,28,30-31H,2-3,13,20-24H2,1H3,(H,32,33)/t28-/m0/s1. The van der Waals surface area contributed by atoms with Crippen molar-refractivity contribution in [1.29, 1.82) is 0 Å². The Morgan fingerprint density at radius 3 is 1.78 bits per heavy atom. The Hall–Kier alpha value is -2.35.